The van der Waals surface area contributed by atoms with Gasteiger partial charge in [-0.15, -0.1) is 0 Å². The molecular formula is C14H19F8N2O8P. The molecule has 0 aromatic heterocycles. The van der Waals surface area contributed by atoms with Crippen molar-refractivity contribution < 1.29 is 73.8 Å². The molecule has 0 aromatic carbocycles. The Kier molecular flexibility index (Phi) is 10.9. The molecule has 10 nitrogen and oxygen atoms in total. The van der Waals surface area contributed by atoms with Crippen LogP contribution in [0.15, 0.2) is 11.6 Å². The van der Waals surface area contributed by atoms with Crippen LogP contribution in [0.4, 0.5) is 35.1 Å². The lowest BCUT2D eigenvalue weighted by molar-refractivity contribution is -0.267. The zero-order valence-corrected chi connectivity index (χ0v) is 17.1. The monoisotopic (exact) mass is 526 g/mol. The fraction of sp³-hybridized carbons (Fsp3) is 0.714. The van der Waals surface area contributed by atoms with Crippen LogP contribution < -0.4 is 11.1 Å². The quantitative estimate of drug-likeness (QED) is 0.216. The highest BCUT2D eigenvalue weighted by Crippen LogP contribution is 2.37. The van der Waals surface area contributed by atoms with Gasteiger partial charge in [-0.3, -0.25) is 4.79 Å². The van der Waals surface area contributed by atoms with Crippen LogP contribution in [-0.2, 0) is 18.9 Å². The summed E-state index contributed by atoms with van der Waals surface area (Å²) in [6.45, 7) is 0.930. The number of rotatable bonds is 6. The Morgan fingerprint density at radius 2 is 1.52 bits per heavy atom. The summed E-state index contributed by atoms with van der Waals surface area (Å²) in [4.78, 5) is 43.9. The maximum Gasteiger partial charge on any atom is 0.466 e. The Hall–Kier alpha value is -1.85. The number of amides is 1. The van der Waals surface area contributed by atoms with Crippen molar-refractivity contribution in [2.75, 3.05) is 0 Å². The second-order valence-corrected chi connectivity index (χ2v) is 7.58. The van der Waals surface area contributed by atoms with E-state index in [9.17, 15) is 44.7 Å². The van der Waals surface area contributed by atoms with Gasteiger partial charge in [0.1, 0.15) is 6.10 Å². The van der Waals surface area contributed by atoms with Crippen molar-refractivity contribution in [3.8, 4) is 0 Å². The van der Waals surface area contributed by atoms with Crippen molar-refractivity contribution in [2.24, 2.45) is 5.73 Å². The topological polar surface area (TPSA) is 179 Å². The molecule has 19 heteroatoms. The van der Waals surface area contributed by atoms with E-state index in [1.807, 2.05) is 0 Å². The van der Waals surface area contributed by atoms with Gasteiger partial charge in [-0.05, 0) is 12.5 Å². The van der Waals surface area contributed by atoms with Crippen molar-refractivity contribution in [2.45, 2.75) is 62.3 Å². The van der Waals surface area contributed by atoms with Crippen LogP contribution in [0.25, 0.3) is 0 Å². The summed E-state index contributed by atoms with van der Waals surface area (Å²) in [5.74, 6) is -2.46. The zero-order valence-electron chi connectivity index (χ0n) is 16.2. The van der Waals surface area contributed by atoms with Gasteiger partial charge in [0.2, 0.25) is 18.3 Å². The summed E-state index contributed by atoms with van der Waals surface area (Å²) < 4.78 is 116. The smallest absolute Gasteiger partial charge is 0.466 e. The molecule has 0 spiro atoms. The van der Waals surface area contributed by atoms with Gasteiger partial charge >= 0.3 is 26.1 Å². The summed E-state index contributed by atoms with van der Waals surface area (Å²) in [5, 5.41) is 11.0. The van der Waals surface area contributed by atoms with E-state index in [4.69, 9.17) is 30.1 Å². The van der Waals surface area contributed by atoms with Crippen LogP contribution in [0.2, 0.25) is 0 Å². The number of carboxylic acid groups (broad SMARTS) is 1. The van der Waals surface area contributed by atoms with Crippen LogP contribution in [0.3, 0.4) is 0 Å². The minimum absolute atomic E-state index is 0.429. The average Bonchev–Trinajstić information content (AvgIpc) is 2.57. The fourth-order valence-corrected chi connectivity index (χ4v) is 2.54. The van der Waals surface area contributed by atoms with E-state index in [0.29, 0.717) is 6.08 Å². The molecule has 0 saturated carbocycles. The molecule has 0 bridgehead atoms. The van der Waals surface area contributed by atoms with E-state index in [1.165, 1.54) is 0 Å². The van der Waals surface area contributed by atoms with E-state index in [2.05, 4.69) is 10.1 Å². The van der Waals surface area contributed by atoms with Crippen LogP contribution >= 0.6 is 7.82 Å². The third-order valence-corrected chi connectivity index (χ3v) is 3.80. The van der Waals surface area contributed by atoms with Gasteiger partial charge in [0.15, 0.2) is 0 Å². The van der Waals surface area contributed by atoms with Crippen molar-refractivity contribution in [3.05, 3.63) is 11.6 Å². The second-order valence-electron chi connectivity index (χ2n) is 6.56. The third kappa shape index (κ3) is 11.2. The SMILES string of the molecule is CC(=O)NC1C(N)CC(C(=O)O)=CC1OC(C(F)C(F)(F)F)C(F)C(F)(F)F.O=P(O)(O)O. The number of phosphoric acid groups is 1. The predicted octanol–water partition coefficient (Wildman–Crippen LogP) is 0.859. The molecule has 0 heterocycles. The molecule has 7 N–H and O–H groups in total. The Morgan fingerprint density at radius 1 is 1.12 bits per heavy atom. The molecule has 0 aliphatic heterocycles. The fourth-order valence-electron chi connectivity index (χ4n) is 2.54. The van der Waals surface area contributed by atoms with Crippen LogP contribution in [0, 0.1) is 0 Å². The normalized spacial score (nSPS) is 24.5. The summed E-state index contributed by atoms with van der Waals surface area (Å²) in [6, 6.07) is -2.84. The lowest BCUT2D eigenvalue weighted by Crippen LogP contribution is -2.59. The molecule has 1 rings (SSSR count). The van der Waals surface area contributed by atoms with Crippen molar-refractivity contribution in [1.82, 2.24) is 5.32 Å². The number of alkyl halides is 8. The highest BCUT2D eigenvalue weighted by atomic mass is 31.2. The first-order valence-corrected chi connectivity index (χ1v) is 9.94. The van der Waals surface area contributed by atoms with Gasteiger partial charge in [0.25, 0.3) is 0 Å². The molecule has 194 valence electrons. The second kappa shape index (κ2) is 11.5. The molecule has 0 saturated heterocycles. The summed E-state index contributed by atoms with van der Waals surface area (Å²) in [6.07, 6.45) is -26.2. The molecule has 1 aliphatic carbocycles. The highest BCUT2D eigenvalue weighted by Gasteiger charge is 2.58. The number of aliphatic carboxylic acids is 1. The molecule has 0 fully saturated rings. The number of ether oxygens (including phenoxy) is 1. The number of carboxylic acids is 1. The van der Waals surface area contributed by atoms with Gasteiger partial charge in [0.05, 0.1) is 12.1 Å². The minimum Gasteiger partial charge on any atom is -0.478 e. The molecular weight excluding hydrogens is 507 g/mol. The molecule has 5 unspecified atom stereocenters. The van der Waals surface area contributed by atoms with Crippen molar-refractivity contribution in [1.29, 1.82) is 0 Å². The van der Waals surface area contributed by atoms with Gasteiger partial charge in [0, 0.05) is 18.5 Å². The van der Waals surface area contributed by atoms with Gasteiger partial charge < -0.3 is 35.6 Å². The zero-order chi connectivity index (χ0) is 26.5. The standard InChI is InChI=1S/C14H16F8N2O4.H3O4P/c1-4(25)24-8-6(23)2-5(12(26)27)3-7(8)28-9(10(15)13(17,18)19)11(16)14(20,21)22;1-5(2,3)4/h3,6-11H,2,23H2,1H3,(H,24,25)(H,26,27);(H3,1,2,3,4). The molecule has 1 aliphatic rings. The summed E-state index contributed by atoms with van der Waals surface area (Å²) >= 11 is 0. The third-order valence-electron chi connectivity index (χ3n) is 3.80. The minimum atomic E-state index is -5.90. The molecule has 0 aromatic rings. The molecule has 5 atom stereocenters. The number of hydrogen-bond acceptors (Lipinski definition) is 5. The van der Waals surface area contributed by atoms with Crippen LogP contribution in [-0.4, -0.2) is 80.7 Å². The van der Waals surface area contributed by atoms with Crippen LogP contribution in [0.5, 0.6) is 0 Å². The number of nitrogens with two attached hydrogens (primary N) is 1. The van der Waals surface area contributed by atoms with Crippen molar-refractivity contribution in [3.63, 3.8) is 0 Å². The summed E-state index contributed by atoms with van der Waals surface area (Å²) in [7, 11) is -4.64. The van der Waals surface area contributed by atoms with E-state index in [-0.39, 0.29) is 0 Å². The van der Waals surface area contributed by atoms with E-state index < -0.39 is 80.7 Å². The predicted molar refractivity (Wildman–Crippen MR) is 90.7 cm³/mol. The molecule has 1 amide bonds. The van der Waals surface area contributed by atoms with E-state index in [1.54, 1.807) is 0 Å². The van der Waals surface area contributed by atoms with E-state index >= 15 is 0 Å². The first-order chi connectivity index (χ1) is 14.6. The Labute approximate surface area is 179 Å². The summed E-state index contributed by atoms with van der Waals surface area (Å²) in [5.41, 5.74) is 5.05. The average molecular weight is 526 g/mol. The number of carbonyl (C=O) groups excluding carboxylic acids is 1. The Balaban J connectivity index is 0.00000184. The largest absolute Gasteiger partial charge is 0.478 e. The lowest BCUT2D eigenvalue weighted by Gasteiger charge is -2.38. The molecule has 33 heavy (non-hydrogen) atoms. The number of carbonyl (C=O) groups is 2. The first-order valence-electron chi connectivity index (χ1n) is 8.37. The van der Waals surface area contributed by atoms with Gasteiger partial charge in [-0.25, -0.2) is 18.1 Å². The van der Waals surface area contributed by atoms with Crippen molar-refractivity contribution >= 4 is 19.7 Å². The number of halogens is 8. The number of hydrogen-bond donors (Lipinski definition) is 6. The molecule has 0 radical (unpaired) electrons. The Bertz CT molecular complexity index is 743. The van der Waals surface area contributed by atoms with Gasteiger partial charge in [-0.1, -0.05) is 0 Å². The van der Waals surface area contributed by atoms with Gasteiger partial charge in [-0.2, -0.15) is 26.3 Å². The maximum absolute atomic E-state index is 13.6. The first kappa shape index (κ1) is 31.1. The Morgan fingerprint density at radius 3 is 1.82 bits per heavy atom. The number of nitrogens with one attached hydrogen (secondary N) is 1. The lowest BCUT2D eigenvalue weighted by atomic mass is 9.88. The van der Waals surface area contributed by atoms with Crippen LogP contribution in [0.1, 0.15) is 13.3 Å². The maximum atomic E-state index is 13.6. The van der Waals surface area contributed by atoms with E-state index in [0.717, 1.165) is 6.92 Å². The highest BCUT2D eigenvalue weighted by molar-refractivity contribution is 7.45.